The molecule has 66 valence electrons. The highest BCUT2D eigenvalue weighted by atomic mass is 16.6. The monoisotopic (exact) mass is 162 g/mol. The second-order valence-corrected chi connectivity index (χ2v) is 2.18. The standard InChI is InChI=1S/C4H6O3.C3H8O/c1-3(5)7-4(2)6;1-3(2)4/h1-2H3;3-4H,1-2H3. The second kappa shape index (κ2) is 7.21. The van der Waals surface area contributed by atoms with E-state index in [1.165, 1.54) is 13.8 Å². The fraction of sp³-hybridized carbons (Fsp3) is 0.714. The average Bonchev–Trinajstić information content (AvgIpc) is 1.56. The molecule has 0 radical (unpaired) electrons. The number of carbonyl (C=O) groups is 2. The molecule has 0 fully saturated rings. The fourth-order valence-corrected chi connectivity index (χ4v) is 0.202. The van der Waals surface area contributed by atoms with E-state index in [0.29, 0.717) is 0 Å². The normalized spacial score (nSPS) is 8.18. The van der Waals surface area contributed by atoms with E-state index in [4.69, 9.17) is 5.11 Å². The molecule has 0 aliphatic rings. The molecule has 0 unspecified atom stereocenters. The van der Waals surface area contributed by atoms with Crippen molar-refractivity contribution in [3.63, 3.8) is 0 Å². The summed E-state index contributed by atoms with van der Waals surface area (Å²) in [6.07, 6.45) is -0.167. The van der Waals surface area contributed by atoms with Crippen molar-refractivity contribution >= 4 is 11.9 Å². The maximum atomic E-state index is 9.81. The molecular weight excluding hydrogens is 148 g/mol. The van der Waals surface area contributed by atoms with E-state index in [-0.39, 0.29) is 6.10 Å². The molecule has 0 saturated heterocycles. The lowest BCUT2D eigenvalue weighted by molar-refractivity contribution is -0.156. The van der Waals surface area contributed by atoms with Crippen molar-refractivity contribution in [2.75, 3.05) is 0 Å². The molecule has 0 aromatic heterocycles. The smallest absolute Gasteiger partial charge is 0.310 e. The molecule has 0 heterocycles. The molecule has 0 bridgehead atoms. The number of hydrogen-bond acceptors (Lipinski definition) is 4. The number of rotatable bonds is 0. The van der Waals surface area contributed by atoms with Crippen molar-refractivity contribution < 1.29 is 19.4 Å². The van der Waals surface area contributed by atoms with Crippen molar-refractivity contribution in [1.29, 1.82) is 0 Å². The molecular formula is C7H14O4. The van der Waals surface area contributed by atoms with Gasteiger partial charge in [-0.3, -0.25) is 9.59 Å². The van der Waals surface area contributed by atoms with Crippen LogP contribution in [0.4, 0.5) is 0 Å². The zero-order valence-corrected chi connectivity index (χ0v) is 7.25. The predicted octanol–water partition coefficient (Wildman–Crippen LogP) is 0.483. The van der Waals surface area contributed by atoms with Crippen LogP contribution in [0, 0.1) is 0 Å². The van der Waals surface area contributed by atoms with Gasteiger partial charge in [0.15, 0.2) is 0 Å². The van der Waals surface area contributed by atoms with Gasteiger partial charge in [0, 0.05) is 20.0 Å². The molecule has 0 amide bonds. The highest BCUT2D eigenvalue weighted by Gasteiger charge is 1.93. The van der Waals surface area contributed by atoms with Gasteiger partial charge in [-0.05, 0) is 13.8 Å². The van der Waals surface area contributed by atoms with Crippen LogP contribution < -0.4 is 0 Å². The van der Waals surface area contributed by atoms with Crippen LogP contribution in [0.25, 0.3) is 0 Å². The van der Waals surface area contributed by atoms with Crippen molar-refractivity contribution in [3.05, 3.63) is 0 Å². The Morgan fingerprint density at radius 2 is 1.36 bits per heavy atom. The van der Waals surface area contributed by atoms with Crippen LogP contribution in [0.3, 0.4) is 0 Å². The quantitative estimate of drug-likeness (QED) is 0.415. The molecule has 0 rings (SSSR count). The first-order valence-electron chi connectivity index (χ1n) is 3.23. The summed E-state index contributed by atoms with van der Waals surface area (Å²) in [4.78, 5) is 19.6. The van der Waals surface area contributed by atoms with Crippen LogP contribution >= 0.6 is 0 Å². The Kier molecular flexibility index (Phi) is 8.36. The van der Waals surface area contributed by atoms with E-state index in [2.05, 4.69) is 4.74 Å². The van der Waals surface area contributed by atoms with Crippen LogP contribution in [0.5, 0.6) is 0 Å². The van der Waals surface area contributed by atoms with Crippen LogP contribution in [0.2, 0.25) is 0 Å². The SMILES string of the molecule is CC(=O)OC(C)=O.CC(C)O. The third kappa shape index (κ3) is 47.7. The lowest BCUT2D eigenvalue weighted by Gasteiger charge is -1.87. The Hall–Kier alpha value is -0.900. The zero-order chi connectivity index (χ0) is 9.44. The van der Waals surface area contributed by atoms with E-state index in [9.17, 15) is 9.59 Å². The van der Waals surface area contributed by atoms with Crippen LogP contribution in [-0.2, 0) is 14.3 Å². The van der Waals surface area contributed by atoms with Gasteiger partial charge >= 0.3 is 11.9 Å². The van der Waals surface area contributed by atoms with Crippen LogP contribution in [0.15, 0.2) is 0 Å². The van der Waals surface area contributed by atoms with E-state index >= 15 is 0 Å². The van der Waals surface area contributed by atoms with Crippen molar-refractivity contribution in [2.24, 2.45) is 0 Å². The van der Waals surface area contributed by atoms with Gasteiger partial charge in [0.25, 0.3) is 0 Å². The van der Waals surface area contributed by atoms with Crippen LogP contribution in [-0.4, -0.2) is 23.1 Å². The molecule has 0 atom stereocenters. The first-order chi connectivity index (χ1) is 4.86. The van der Waals surface area contributed by atoms with Gasteiger partial charge in [0.2, 0.25) is 0 Å². The lowest BCUT2D eigenvalue weighted by atomic mass is 10.5. The summed E-state index contributed by atoms with van der Waals surface area (Å²) in [7, 11) is 0. The second-order valence-electron chi connectivity index (χ2n) is 2.18. The molecule has 4 heteroatoms. The molecule has 0 aliphatic carbocycles. The minimum absolute atomic E-state index is 0.167. The Balaban J connectivity index is 0. The van der Waals surface area contributed by atoms with Crippen molar-refractivity contribution in [2.45, 2.75) is 33.8 Å². The minimum atomic E-state index is -0.562. The first-order valence-corrected chi connectivity index (χ1v) is 3.23. The van der Waals surface area contributed by atoms with Gasteiger partial charge in [-0.15, -0.1) is 0 Å². The maximum absolute atomic E-state index is 9.81. The van der Waals surface area contributed by atoms with Gasteiger partial charge in [0.1, 0.15) is 0 Å². The fourth-order valence-electron chi connectivity index (χ4n) is 0.202. The van der Waals surface area contributed by atoms with Gasteiger partial charge in [-0.2, -0.15) is 0 Å². The molecule has 0 spiro atoms. The predicted molar refractivity (Wildman–Crippen MR) is 39.8 cm³/mol. The highest BCUT2D eigenvalue weighted by molar-refractivity contribution is 5.82. The highest BCUT2D eigenvalue weighted by Crippen LogP contribution is 1.73. The largest absolute Gasteiger partial charge is 0.394 e. The third-order valence-corrected chi connectivity index (χ3v) is 0.287. The number of esters is 2. The summed E-state index contributed by atoms with van der Waals surface area (Å²) in [5.74, 6) is -1.12. The van der Waals surface area contributed by atoms with Gasteiger partial charge in [-0.25, -0.2) is 0 Å². The van der Waals surface area contributed by atoms with E-state index in [0.717, 1.165) is 0 Å². The number of hydrogen-bond donors (Lipinski definition) is 1. The van der Waals surface area contributed by atoms with E-state index in [1.54, 1.807) is 13.8 Å². The summed E-state index contributed by atoms with van der Waals surface area (Å²) >= 11 is 0. The van der Waals surface area contributed by atoms with Crippen molar-refractivity contribution in [3.8, 4) is 0 Å². The summed E-state index contributed by atoms with van der Waals surface area (Å²) in [6, 6.07) is 0. The van der Waals surface area contributed by atoms with Gasteiger partial charge in [0.05, 0.1) is 0 Å². The van der Waals surface area contributed by atoms with Gasteiger partial charge < -0.3 is 9.84 Å². The Morgan fingerprint density at radius 1 is 1.18 bits per heavy atom. The number of aliphatic hydroxyl groups excluding tert-OH is 1. The van der Waals surface area contributed by atoms with E-state index in [1.807, 2.05) is 0 Å². The molecule has 4 nitrogen and oxygen atoms in total. The van der Waals surface area contributed by atoms with E-state index < -0.39 is 11.9 Å². The van der Waals surface area contributed by atoms with Gasteiger partial charge in [-0.1, -0.05) is 0 Å². The zero-order valence-electron chi connectivity index (χ0n) is 7.25. The molecule has 0 aliphatic heterocycles. The summed E-state index contributed by atoms with van der Waals surface area (Å²) in [5.41, 5.74) is 0. The topological polar surface area (TPSA) is 63.6 Å². The first kappa shape index (κ1) is 12.7. The number of carbonyl (C=O) groups excluding carboxylic acids is 2. The molecule has 11 heavy (non-hydrogen) atoms. The van der Waals surface area contributed by atoms with Crippen LogP contribution in [0.1, 0.15) is 27.7 Å². The van der Waals surface area contributed by atoms with Crippen molar-refractivity contribution in [1.82, 2.24) is 0 Å². The molecule has 0 aromatic carbocycles. The molecule has 0 saturated carbocycles. The lowest BCUT2D eigenvalue weighted by Crippen LogP contribution is -2.03. The number of aliphatic hydroxyl groups is 1. The molecule has 0 aromatic rings. The summed E-state index contributed by atoms with van der Waals surface area (Å²) in [5, 5.41) is 8.06. The summed E-state index contributed by atoms with van der Waals surface area (Å²) in [6.45, 7) is 5.81. The Bertz CT molecular complexity index is 114. The maximum Gasteiger partial charge on any atom is 0.310 e. The Labute approximate surface area is 66.2 Å². The minimum Gasteiger partial charge on any atom is -0.394 e. The summed E-state index contributed by atoms with van der Waals surface area (Å²) < 4.78 is 3.97. The average molecular weight is 162 g/mol. The number of ether oxygens (including phenoxy) is 1. The Morgan fingerprint density at radius 3 is 1.36 bits per heavy atom. The molecule has 1 N–H and O–H groups in total. The third-order valence-electron chi connectivity index (χ3n) is 0.287.